The third-order valence-corrected chi connectivity index (χ3v) is 4.10. The van der Waals surface area contributed by atoms with E-state index in [1.165, 1.54) is 0 Å². The number of rotatable bonds is 7. The minimum Gasteiger partial charge on any atom is -0.497 e. The maximum absolute atomic E-state index is 11.9. The maximum atomic E-state index is 11.9. The Morgan fingerprint density at radius 2 is 2.07 bits per heavy atom. The molecule has 2 aromatic heterocycles. The van der Waals surface area contributed by atoms with E-state index >= 15 is 0 Å². The third kappa shape index (κ3) is 4.55. The highest BCUT2D eigenvalue weighted by molar-refractivity contribution is 5.75. The quantitative estimate of drug-likeness (QED) is 0.673. The molecule has 7 nitrogen and oxygen atoms in total. The van der Waals surface area contributed by atoms with Crippen LogP contribution in [0.2, 0.25) is 0 Å². The molecule has 0 aliphatic rings. The van der Waals surface area contributed by atoms with Crippen molar-refractivity contribution in [1.82, 2.24) is 25.2 Å². The van der Waals surface area contributed by atoms with E-state index in [1.807, 2.05) is 41.0 Å². The van der Waals surface area contributed by atoms with Crippen molar-refractivity contribution in [3.8, 4) is 11.4 Å². The van der Waals surface area contributed by atoms with Crippen molar-refractivity contribution < 1.29 is 9.53 Å². The molecule has 0 spiro atoms. The lowest BCUT2D eigenvalue weighted by atomic mass is 10.2. The molecule has 0 fully saturated rings. The van der Waals surface area contributed by atoms with E-state index in [0.717, 1.165) is 28.4 Å². The molecule has 1 aromatic carbocycles. The summed E-state index contributed by atoms with van der Waals surface area (Å²) in [4.78, 5) is 21.1. The number of nitrogens with one attached hydrogen (secondary N) is 2. The van der Waals surface area contributed by atoms with Crippen LogP contribution in [0.15, 0.2) is 42.6 Å². The summed E-state index contributed by atoms with van der Waals surface area (Å²) >= 11 is 0. The second-order valence-electron chi connectivity index (χ2n) is 6.69. The van der Waals surface area contributed by atoms with Gasteiger partial charge in [-0.3, -0.25) is 4.57 Å². The number of nitrogens with zero attached hydrogens (tertiary/aromatic N) is 3. The summed E-state index contributed by atoms with van der Waals surface area (Å²) in [7, 11) is 1.64. The molecule has 0 aliphatic carbocycles. The van der Waals surface area contributed by atoms with Gasteiger partial charge in [0.15, 0.2) is 5.65 Å². The largest absolute Gasteiger partial charge is 0.497 e. The number of fused-ring (bicyclic) bond motifs is 1. The van der Waals surface area contributed by atoms with Crippen molar-refractivity contribution in [1.29, 1.82) is 0 Å². The second-order valence-corrected chi connectivity index (χ2v) is 6.69. The monoisotopic (exact) mass is 367 g/mol. The number of urea groups is 1. The van der Waals surface area contributed by atoms with Gasteiger partial charge < -0.3 is 15.4 Å². The molecule has 3 rings (SSSR count). The molecule has 0 saturated heterocycles. The van der Waals surface area contributed by atoms with Crippen molar-refractivity contribution in [2.75, 3.05) is 20.2 Å². The highest BCUT2D eigenvalue weighted by Crippen LogP contribution is 2.23. The van der Waals surface area contributed by atoms with Crippen LogP contribution in [0.25, 0.3) is 16.9 Å². The first-order valence-corrected chi connectivity index (χ1v) is 9.07. The fourth-order valence-corrected chi connectivity index (χ4v) is 2.80. The summed E-state index contributed by atoms with van der Waals surface area (Å²) in [6, 6.07) is 11.4. The van der Waals surface area contributed by atoms with Crippen molar-refractivity contribution >= 4 is 17.2 Å². The Morgan fingerprint density at radius 1 is 1.22 bits per heavy atom. The molecule has 2 heterocycles. The summed E-state index contributed by atoms with van der Waals surface area (Å²) in [6.45, 7) is 5.25. The number of ether oxygens (including phenoxy) is 1. The van der Waals surface area contributed by atoms with Gasteiger partial charge >= 0.3 is 6.03 Å². The zero-order chi connectivity index (χ0) is 19.2. The van der Waals surface area contributed by atoms with E-state index in [-0.39, 0.29) is 6.03 Å². The first kappa shape index (κ1) is 18.7. The topological polar surface area (TPSA) is 81.1 Å². The van der Waals surface area contributed by atoms with Crippen LogP contribution in [0.3, 0.4) is 0 Å². The van der Waals surface area contributed by atoms with Gasteiger partial charge in [0.05, 0.1) is 12.8 Å². The molecular weight excluding hydrogens is 342 g/mol. The predicted molar refractivity (Wildman–Crippen MR) is 105 cm³/mol. The first-order chi connectivity index (χ1) is 13.1. The Balaban J connectivity index is 1.81. The molecule has 0 saturated carbocycles. The Kier molecular flexibility index (Phi) is 5.90. The second kappa shape index (κ2) is 8.53. The van der Waals surface area contributed by atoms with Crippen LogP contribution >= 0.6 is 0 Å². The molecule has 2 N–H and O–H groups in total. The summed E-state index contributed by atoms with van der Waals surface area (Å²) in [5.41, 5.74) is 2.53. The van der Waals surface area contributed by atoms with Gasteiger partial charge in [0, 0.05) is 31.8 Å². The van der Waals surface area contributed by atoms with E-state index in [2.05, 4.69) is 29.5 Å². The van der Waals surface area contributed by atoms with Crippen LogP contribution in [0, 0.1) is 5.92 Å². The molecule has 0 atom stereocenters. The number of carbonyl (C=O) groups is 1. The smallest absolute Gasteiger partial charge is 0.314 e. The number of aromatic nitrogens is 3. The maximum Gasteiger partial charge on any atom is 0.314 e. The van der Waals surface area contributed by atoms with Gasteiger partial charge in [-0.05, 0) is 30.2 Å². The highest BCUT2D eigenvalue weighted by atomic mass is 16.5. The van der Waals surface area contributed by atoms with Crippen LogP contribution in [0.4, 0.5) is 4.79 Å². The van der Waals surface area contributed by atoms with Crippen molar-refractivity contribution in [3.05, 3.63) is 48.4 Å². The molecule has 0 aliphatic heterocycles. The fourth-order valence-electron chi connectivity index (χ4n) is 2.80. The summed E-state index contributed by atoms with van der Waals surface area (Å²) in [5, 5.41) is 5.73. The van der Waals surface area contributed by atoms with E-state index in [9.17, 15) is 4.79 Å². The number of imidazole rings is 1. The number of hydrogen-bond donors (Lipinski definition) is 2. The fraction of sp³-hybridized carbons (Fsp3) is 0.350. The zero-order valence-corrected chi connectivity index (χ0v) is 15.9. The van der Waals surface area contributed by atoms with E-state index in [1.54, 1.807) is 13.3 Å². The molecule has 0 unspecified atom stereocenters. The third-order valence-electron chi connectivity index (χ3n) is 4.10. The predicted octanol–water partition coefficient (Wildman–Crippen LogP) is 2.93. The van der Waals surface area contributed by atoms with Crippen LogP contribution in [-0.2, 0) is 6.42 Å². The molecule has 7 heteroatoms. The lowest BCUT2D eigenvalue weighted by Crippen LogP contribution is -2.38. The molecule has 27 heavy (non-hydrogen) atoms. The average Bonchev–Trinajstić information content (AvgIpc) is 3.04. The van der Waals surface area contributed by atoms with Gasteiger partial charge in [0.1, 0.15) is 17.1 Å². The summed E-state index contributed by atoms with van der Waals surface area (Å²) in [5.74, 6) is 2.02. The molecule has 0 bridgehead atoms. The van der Waals surface area contributed by atoms with Crippen molar-refractivity contribution in [2.45, 2.75) is 20.3 Å². The standard InChI is InChI=1S/C20H25N5O2/c1-14(2)13-23-20(26)22-11-9-18-24-17-8-5-10-21-19(17)25(18)15-6-4-7-16(12-15)27-3/h4-8,10,12,14H,9,11,13H2,1-3H3,(H2,22,23,26). The van der Waals surface area contributed by atoms with E-state index < -0.39 is 0 Å². The molecule has 3 aromatic rings. The van der Waals surface area contributed by atoms with Crippen molar-refractivity contribution in [3.63, 3.8) is 0 Å². The van der Waals surface area contributed by atoms with Gasteiger partial charge in [-0.2, -0.15) is 0 Å². The Hall–Kier alpha value is -3.09. The molecule has 0 radical (unpaired) electrons. The Labute approximate surface area is 158 Å². The number of pyridine rings is 1. The van der Waals surface area contributed by atoms with Crippen LogP contribution in [0.5, 0.6) is 5.75 Å². The van der Waals surface area contributed by atoms with Crippen molar-refractivity contribution in [2.24, 2.45) is 5.92 Å². The van der Waals surface area contributed by atoms with Gasteiger partial charge in [-0.15, -0.1) is 0 Å². The minimum atomic E-state index is -0.161. The normalized spacial score (nSPS) is 11.0. The van der Waals surface area contributed by atoms with Gasteiger partial charge in [0.2, 0.25) is 0 Å². The Bertz CT molecular complexity index is 920. The number of benzene rings is 1. The lowest BCUT2D eigenvalue weighted by molar-refractivity contribution is 0.239. The van der Waals surface area contributed by atoms with Gasteiger partial charge in [0.25, 0.3) is 0 Å². The molecular formula is C20H25N5O2. The number of hydrogen-bond acceptors (Lipinski definition) is 4. The van der Waals surface area contributed by atoms with Gasteiger partial charge in [-0.25, -0.2) is 14.8 Å². The molecule has 142 valence electrons. The lowest BCUT2D eigenvalue weighted by Gasteiger charge is -2.11. The highest BCUT2D eigenvalue weighted by Gasteiger charge is 2.14. The van der Waals surface area contributed by atoms with Crippen LogP contribution in [0.1, 0.15) is 19.7 Å². The van der Waals surface area contributed by atoms with Crippen LogP contribution in [-0.4, -0.2) is 40.8 Å². The van der Waals surface area contributed by atoms with E-state index in [4.69, 9.17) is 9.72 Å². The SMILES string of the molecule is COc1cccc(-n2c(CCNC(=O)NCC(C)C)nc3cccnc32)c1. The number of methoxy groups -OCH3 is 1. The Morgan fingerprint density at radius 3 is 2.85 bits per heavy atom. The van der Waals surface area contributed by atoms with E-state index in [0.29, 0.717) is 25.4 Å². The first-order valence-electron chi connectivity index (χ1n) is 9.07. The average molecular weight is 367 g/mol. The summed E-state index contributed by atoms with van der Waals surface area (Å²) < 4.78 is 7.35. The number of carbonyl (C=O) groups excluding carboxylic acids is 1. The van der Waals surface area contributed by atoms with Crippen LogP contribution < -0.4 is 15.4 Å². The minimum absolute atomic E-state index is 0.161. The number of amides is 2. The van der Waals surface area contributed by atoms with Gasteiger partial charge in [-0.1, -0.05) is 19.9 Å². The zero-order valence-electron chi connectivity index (χ0n) is 15.9. The summed E-state index contributed by atoms with van der Waals surface area (Å²) in [6.07, 6.45) is 2.34. The molecule has 2 amide bonds.